The smallest absolute Gasteiger partial charge is 0.251 e. The first-order valence-electron chi connectivity index (χ1n) is 12.2. The van der Waals surface area contributed by atoms with E-state index in [1.807, 2.05) is 0 Å². The fraction of sp³-hybridized carbons (Fsp3) is 0.481. The Morgan fingerprint density at radius 1 is 0.882 bits per heavy atom. The van der Waals surface area contributed by atoms with Gasteiger partial charge in [0.2, 0.25) is 5.91 Å². The van der Waals surface area contributed by atoms with E-state index < -0.39 is 0 Å². The highest BCUT2D eigenvalue weighted by Crippen LogP contribution is 2.57. The van der Waals surface area contributed by atoms with Crippen LogP contribution >= 0.6 is 0 Å². The third kappa shape index (κ3) is 3.90. The molecule has 4 aliphatic carbocycles. The zero-order valence-electron chi connectivity index (χ0n) is 19.1. The highest BCUT2D eigenvalue weighted by Gasteiger charge is 2.58. The van der Waals surface area contributed by atoms with Crippen LogP contribution in [0.4, 0.5) is 8.78 Å². The molecule has 0 radical (unpaired) electrons. The van der Waals surface area contributed by atoms with Gasteiger partial charge < -0.3 is 15.5 Å². The van der Waals surface area contributed by atoms with Crippen molar-refractivity contribution in [2.45, 2.75) is 62.7 Å². The predicted octanol–water partition coefficient (Wildman–Crippen LogP) is 3.92. The number of hydrogen-bond acceptors (Lipinski definition) is 3. The van der Waals surface area contributed by atoms with Crippen LogP contribution in [0, 0.1) is 23.5 Å². The number of rotatable bonds is 5. The minimum Gasteiger partial charge on any atom is -0.347 e. The Morgan fingerprint density at radius 3 is 2.26 bits per heavy atom. The molecule has 2 amide bonds. The van der Waals surface area contributed by atoms with Gasteiger partial charge in [-0.3, -0.25) is 9.59 Å². The molecule has 0 spiro atoms. The van der Waals surface area contributed by atoms with Crippen LogP contribution < -0.4 is 10.6 Å². The number of carbonyl (C=O) groups is 2. The second kappa shape index (κ2) is 7.87. The topological polar surface area (TPSA) is 61.4 Å². The molecule has 0 aromatic heterocycles. The molecule has 2 atom stereocenters. The van der Waals surface area contributed by atoms with Crippen molar-refractivity contribution < 1.29 is 18.4 Å². The second-order valence-electron chi connectivity index (χ2n) is 11.0. The molecule has 178 valence electrons. The Hall–Kier alpha value is -2.80. The van der Waals surface area contributed by atoms with Gasteiger partial charge in [-0.2, -0.15) is 0 Å². The number of benzene rings is 2. The summed E-state index contributed by atoms with van der Waals surface area (Å²) >= 11 is 0. The fourth-order valence-electron chi connectivity index (χ4n) is 7.44. The van der Waals surface area contributed by atoms with E-state index >= 15 is 0 Å². The SMILES string of the molecule is O=C(NC12CC3CC(CC(NCC(=O)N4Cc5ccc(F)cc5C4)(C3)C1)C2)c1ccc(F)cc1. The Kier molecular flexibility index (Phi) is 5.03. The summed E-state index contributed by atoms with van der Waals surface area (Å²) in [7, 11) is 0. The molecule has 4 fully saturated rings. The van der Waals surface area contributed by atoms with E-state index in [4.69, 9.17) is 0 Å². The van der Waals surface area contributed by atoms with Crippen molar-refractivity contribution in [2.75, 3.05) is 6.54 Å². The molecule has 2 N–H and O–H groups in total. The number of carbonyl (C=O) groups excluding carboxylic acids is 2. The van der Waals surface area contributed by atoms with Crippen molar-refractivity contribution in [3.05, 3.63) is 70.8 Å². The molecule has 5 nitrogen and oxygen atoms in total. The van der Waals surface area contributed by atoms with Crippen LogP contribution in [0.2, 0.25) is 0 Å². The van der Waals surface area contributed by atoms with Gasteiger partial charge in [0.05, 0.1) is 6.54 Å². The van der Waals surface area contributed by atoms with Crippen LogP contribution in [0.25, 0.3) is 0 Å². The third-order valence-corrected chi connectivity index (χ3v) is 8.40. The largest absolute Gasteiger partial charge is 0.347 e. The standard InChI is InChI=1S/C27H29F2N3O2/c28-22-4-1-19(2-5-22)25(34)31-27-11-17-7-18(12-27)10-26(9-17,16-27)30-13-24(33)32-14-20-3-6-23(29)8-21(20)15-32/h1-6,8,17-18,30H,7,9-16H2,(H,31,34). The molecule has 2 unspecified atom stereocenters. The Morgan fingerprint density at radius 2 is 1.53 bits per heavy atom. The number of halogens is 2. The van der Waals surface area contributed by atoms with Crippen LogP contribution in [0.15, 0.2) is 42.5 Å². The van der Waals surface area contributed by atoms with Gasteiger partial charge in [0, 0.05) is 29.7 Å². The monoisotopic (exact) mass is 465 g/mol. The molecule has 2 aromatic rings. The number of amides is 2. The third-order valence-electron chi connectivity index (χ3n) is 8.40. The Balaban J connectivity index is 1.13. The van der Waals surface area contributed by atoms with Crippen molar-refractivity contribution in [3.8, 4) is 0 Å². The molecule has 7 heteroatoms. The summed E-state index contributed by atoms with van der Waals surface area (Å²) in [5, 5.41) is 6.93. The lowest BCUT2D eigenvalue weighted by atomic mass is 9.50. The zero-order valence-corrected chi connectivity index (χ0v) is 19.1. The maximum atomic E-state index is 13.6. The summed E-state index contributed by atoms with van der Waals surface area (Å²) in [6, 6.07) is 10.4. The van der Waals surface area contributed by atoms with Crippen LogP contribution in [-0.4, -0.2) is 34.3 Å². The van der Waals surface area contributed by atoms with Crippen molar-refractivity contribution in [1.82, 2.24) is 15.5 Å². The van der Waals surface area contributed by atoms with Crippen molar-refractivity contribution >= 4 is 11.8 Å². The van der Waals surface area contributed by atoms with E-state index in [0.717, 1.165) is 43.2 Å². The second-order valence-corrected chi connectivity index (χ2v) is 11.0. The van der Waals surface area contributed by atoms with Crippen LogP contribution in [0.1, 0.15) is 60.0 Å². The molecular weight excluding hydrogens is 436 g/mol. The van der Waals surface area contributed by atoms with Gasteiger partial charge in [-0.25, -0.2) is 8.78 Å². The lowest BCUT2D eigenvalue weighted by molar-refractivity contribution is -0.132. The minimum absolute atomic E-state index is 0.0248. The first-order valence-corrected chi connectivity index (χ1v) is 12.2. The van der Waals surface area contributed by atoms with Crippen molar-refractivity contribution in [3.63, 3.8) is 0 Å². The quantitative estimate of drug-likeness (QED) is 0.704. The van der Waals surface area contributed by atoms with Crippen molar-refractivity contribution in [2.24, 2.45) is 11.8 Å². The van der Waals surface area contributed by atoms with E-state index in [2.05, 4.69) is 10.6 Å². The maximum absolute atomic E-state index is 13.6. The van der Waals surface area contributed by atoms with E-state index in [1.54, 1.807) is 11.0 Å². The van der Waals surface area contributed by atoms with E-state index in [0.29, 0.717) is 30.5 Å². The van der Waals surface area contributed by atoms with Crippen LogP contribution in [0.3, 0.4) is 0 Å². The van der Waals surface area contributed by atoms with Gasteiger partial charge in [-0.15, -0.1) is 0 Å². The molecule has 0 saturated heterocycles. The van der Waals surface area contributed by atoms with Gasteiger partial charge in [-0.05, 0) is 97.9 Å². The van der Waals surface area contributed by atoms with E-state index in [-0.39, 0.29) is 41.1 Å². The number of hydrogen-bond donors (Lipinski definition) is 2. The summed E-state index contributed by atoms with van der Waals surface area (Å²) in [5.74, 6) is 0.290. The molecule has 2 aromatic carbocycles. The number of fused-ring (bicyclic) bond motifs is 1. The lowest BCUT2D eigenvalue weighted by Crippen LogP contribution is -2.69. The fourth-order valence-corrected chi connectivity index (χ4v) is 7.44. The van der Waals surface area contributed by atoms with Gasteiger partial charge in [0.25, 0.3) is 5.91 Å². The molecule has 1 aliphatic heterocycles. The minimum atomic E-state index is -0.356. The summed E-state index contributed by atoms with van der Waals surface area (Å²) in [5.41, 5.74) is 1.92. The first kappa shape index (κ1) is 21.7. The molecule has 4 bridgehead atoms. The number of nitrogens with zero attached hydrogens (tertiary/aromatic N) is 1. The maximum Gasteiger partial charge on any atom is 0.251 e. The first-order chi connectivity index (χ1) is 16.3. The summed E-state index contributed by atoms with van der Waals surface area (Å²) in [4.78, 5) is 27.8. The normalized spacial score (nSPS) is 30.9. The summed E-state index contributed by atoms with van der Waals surface area (Å²) < 4.78 is 26.8. The van der Waals surface area contributed by atoms with Gasteiger partial charge in [0.15, 0.2) is 0 Å². The average molecular weight is 466 g/mol. The molecule has 7 rings (SSSR count). The van der Waals surface area contributed by atoms with E-state index in [9.17, 15) is 18.4 Å². The molecule has 1 heterocycles. The summed E-state index contributed by atoms with van der Waals surface area (Å²) in [6.07, 6.45) is 5.95. The lowest BCUT2D eigenvalue weighted by Gasteiger charge is -2.62. The van der Waals surface area contributed by atoms with Crippen LogP contribution in [0.5, 0.6) is 0 Å². The predicted molar refractivity (Wildman–Crippen MR) is 123 cm³/mol. The molecule has 5 aliphatic rings. The molecule has 34 heavy (non-hydrogen) atoms. The van der Waals surface area contributed by atoms with Gasteiger partial charge in [0.1, 0.15) is 11.6 Å². The van der Waals surface area contributed by atoms with Gasteiger partial charge >= 0.3 is 0 Å². The van der Waals surface area contributed by atoms with E-state index in [1.165, 1.54) is 42.8 Å². The van der Waals surface area contributed by atoms with Gasteiger partial charge in [-0.1, -0.05) is 6.07 Å². The Labute approximate surface area is 197 Å². The Bertz CT molecular complexity index is 1140. The van der Waals surface area contributed by atoms with Crippen LogP contribution in [-0.2, 0) is 17.9 Å². The molecule has 4 saturated carbocycles. The van der Waals surface area contributed by atoms with Crippen molar-refractivity contribution in [1.29, 1.82) is 0 Å². The summed E-state index contributed by atoms with van der Waals surface area (Å²) in [6.45, 7) is 1.22. The highest BCUT2D eigenvalue weighted by molar-refractivity contribution is 5.94. The molecular formula is C27H29F2N3O2. The number of nitrogens with one attached hydrogen (secondary N) is 2. The highest BCUT2D eigenvalue weighted by atomic mass is 19.1. The zero-order chi connectivity index (χ0) is 23.5. The average Bonchev–Trinajstić information content (AvgIpc) is 3.20.